The average Bonchev–Trinajstić information content (AvgIpc) is 3.31. The topological polar surface area (TPSA) is 68.2 Å². The zero-order valence-electron chi connectivity index (χ0n) is 20.1. The molecule has 1 aliphatic rings. The number of rotatable bonds is 7. The van der Waals surface area contributed by atoms with E-state index in [1.165, 1.54) is 5.56 Å². The molecule has 0 atom stereocenters. The van der Waals surface area contributed by atoms with E-state index in [0.29, 0.717) is 11.3 Å². The van der Waals surface area contributed by atoms with Gasteiger partial charge in [-0.1, -0.05) is 0 Å². The first kappa shape index (κ1) is 24.7. The van der Waals surface area contributed by atoms with E-state index in [0.717, 1.165) is 80.5 Å². The summed E-state index contributed by atoms with van der Waals surface area (Å²) in [5.41, 5.74) is 3.24. The van der Waals surface area contributed by atoms with Gasteiger partial charge in [-0.25, -0.2) is 4.98 Å². The molecule has 6 nitrogen and oxygen atoms in total. The lowest BCUT2D eigenvalue weighted by Gasteiger charge is -2.36. The second-order valence-corrected chi connectivity index (χ2v) is 9.09. The molecule has 0 saturated carbocycles. The number of aryl methyl sites for hydroxylation is 1. The van der Waals surface area contributed by atoms with Crippen molar-refractivity contribution in [1.82, 2.24) is 14.9 Å². The summed E-state index contributed by atoms with van der Waals surface area (Å²) in [6.07, 6.45) is 0.694. The molecule has 5 rings (SSSR count). The van der Waals surface area contributed by atoms with Crippen LogP contribution in [0.2, 0.25) is 0 Å². The number of nitrogens with one attached hydrogen (secondary N) is 1. The van der Waals surface area contributed by atoms with Crippen molar-refractivity contribution in [3.63, 3.8) is 0 Å². The average molecular weight is 506 g/mol. The number of ether oxygens (including phenoxy) is 1. The highest BCUT2D eigenvalue weighted by Crippen LogP contribution is 2.32. The molecule has 1 N–H and O–H groups in total. The number of benzene rings is 2. The largest absolute Gasteiger partial charge is 0.439 e. The Balaban J connectivity index is 1.10. The lowest BCUT2D eigenvalue weighted by Crippen LogP contribution is -2.46. The SMILES string of the molecule is N#Cc1ccc2[nH]cc(CCCN3CCN(c4ccc(Oc5cc(C(F)(F)F)ccn5)cc4)CC3)c2c1. The maximum Gasteiger partial charge on any atom is 0.416 e. The van der Waals surface area contributed by atoms with E-state index >= 15 is 0 Å². The summed E-state index contributed by atoms with van der Waals surface area (Å²) < 4.78 is 44.2. The molecular formula is C28H26F3N5O. The van der Waals surface area contributed by atoms with Crippen molar-refractivity contribution in [3.05, 3.63) is 83.7 Å². The fourth-order valence-electron chi connectivity index (χ4n) is 4.66. The minimum atomic E-state index is -4.44. The summed E-state index contributed by atoms with van der Waals surface area (Å²) in [7, 11) is 0. The van der Waals surface area contributed by atoms with Crippen molar-refractivity contribution in [1.29, 1.82) is 5.26 Å². The van der Waals surface area contributed by atoms with Crippen LogP contribution in [0.5, 0.6) is 11.6 Å². The van der Waals surface area contributed by atoms with E-state index in [1.54, 1.807) is 12.1 Å². The number of nitrogens with zero attached hydrogens (tertiary/aromatic N) is 4. The number of hydrogen-bond donors (Lipinski definition) is 1. The standard InChI is InChI=1S/C28H26F3N5O/c29-28(30,31)22-9-10-33-27(17-22)37-24-6-4-23(5-7-24)36-14-12-35(13-15-36)11-1-2-21-19-34-26-8-3-20(18-32)16-25(21)26/h3-10,16-17,19,34H,1-2,11-15H2. The van der Waals surface area contributed by atoms with Gasteiger partial charge < -0.3 is 14.6 Å². The Labute approximate surface area is 212 Å². The normalized spacial score (nSPS) is 14.6. The van der Waals surface area contributed by atoms with Crippen molar-refractivity contribution < 1.29 is 17.9 Å². The van der Waals surface area contributed by atoms with Crippen LogP contribution < -0.4 is 9.64 Å². The third-order valence-electron chi connectivity index (χ3n) is 6.68. The van der Waals surface area contributed by atoms with Crippen LogP contribution in [-0.2, 0) is 12.6 Å². The molecule has 190 valence electrons. The lowest BCUT2D eigenvalue weighted by atomic mass is 10.1. The zero-order valence-corrected chi connectivity index (χ0v) is 20.1. The maximum atomic E-state index is 12.9. The van der Waals surface area contributed by atoms with Gasteiger partial charge in [-0.05, 0) is 73.5 Å². The number of hydrogen-bond acceptors (Lipinski definition) is 5. The van der Waals surface area contributed by atoms with E-state index in [1.807, 2.05) is 36.5 Å². The monoisotopic (exact) mass is 505 g/mol. The molecule has 0 aliphatic carbocycles. The number of alkyl halides is 3. The van der Waals surface area contributed by atoms with Crippen LogP contribution in [0.15, 0.2) is 67.0 Å². The third-order valence-corrected chi connectivity index (χ3v) is 6.68. The number of halogens is 3. The predicted octanol–water partition coefficient (Wildman–Crippen LogP) is 6.00. The van der Waals surface area contributed by atoms with Gasteiger partial charge in [0.05, 0.1) is 17.2 Å². The van der Waals surface area contributed by atoms with Gasteiger partial charge in [0.1, 0.15) is 5.75 Å². The van der Waals surface area contributed by atoms with Crippen molar-refractivity contribution in [3.8, 4) is 17.7 Å². The van der Waals surface area contributed by atoms with Crippen LogP contribution in [0, 0.1) is 11.3 Å². The molecule has 4 aromatic rings. The molecule has 37 heavy (non-hydrogen) atoms. The second-order valence-electron chi connectivity index (χ2n) is 9.09. The van der Waals surface area contributed by atoms with Gasteiger partial charge >= 0.3 is 6.18 Å². The van der Waals surface area contributed by atoms with Crippen LogP contribution in [-0.4, -0.2) is 47.6 Å². The molecule has 1 saturated heterocycles. The Morgan fingerprint density at radius 3 is 2.51 bits per heavy atom. The van der Waals surface area contributed by atoms with Crippen LogP contribution in [0.25, 0.3) is 10.9 Å². The van der Waals surface area contributed by atoms with E-state index in [9.17, 15) is 13.2 Å². The number of anilines is 1. The Bertz CT molecular complexity index is 1400. The molecule has 1 fully saturated rings. The second kappa shape index (κ2) is 10.5. The van der Waals surface area contributed by atoms with Crippen LogP contribution >= 0.6 is 0 Å². The minimum absolute atomic E-state index is 0.0886. The highest BCUT2D eigenvalue weighted by atomic mass is 19.4. The summed E-state index contributed by atoms with van der Waals surface area (Å²) in [6.45, 7) is 4.72. The van der Waals surface area contributed by atoms with Gasteiger partial charge in [0.25, 0.3) is 0 Å². The van der Waals surface area contributed by atoms with Gasteiger partial charge in [-0.15, -0.1) is 0 Å². The fourth-order valence-corrected chi connectivity index (χ4v) is 4.66. The first-order chi connectivity index (χ1) is 17.9. The lowest BCUT2D eigenvalue weighted by molar-refractivity contribution is -0.137. The van der Waals surface area contributed by atoms with Crippen molar-refractivity contribution in [2.24, 2.45) is 0 Å². The fraction of sp³-hybridized carbons (Fsp3) is 0.286. The van der Waals surface area contributed by atoms with Crippen molar-refractivity contribution >= 4 is 16.6 Å². The smallest absolute Gasteiger partial charge is 0.416 e. The third kappa shape index (κ3) is 5.87. The highest BCUT2D eigenvalue weighted by Gasteiger charge is 2.31. The molecule has 1 aliphatic heterocycles. The van der Waals surface area contributed by atoms with E-state index in [-0.39, 0.29) is 5.88 Å². The summed E-state index contributed by atoms with van der Waals surface area (Å²) in [5, 5.41) is 10.3. The summed E-state index contributed by atoms with van der Waals surface area (Å²) in [6, 6.07) is 17.1. The Morgan fingerprint density at radius 2 is 1.78 bits per heavy atom. The van der Waals surface area contributed by atoms with Crippen molar-refractivity contribution in [2.75, 3.05) is 37.6 Å². The van der Waals surface area contributed by atoms with Crippen LogP contribution in [0.4, 0.5) is 18.9 Å². The molecule has 3 heterocycles. The number of nitriles is 1. The molecule has 9 heteroatoms. The van der Waals surface area contributed by atoms with Gasteiger partial charge in [-0.3, -0.25) is 4.90 Å². The molecule has 0 amide bonds. The molecule has 0 radical (unpaired) electrons. The van der Waals surface area contributed by atoms with Gasteiger partial charge in [0.2, 0.25) is 5.88 Å². The minimum Gasteiger partial charge on any atom is -0.439 e. The number of H-pyrrole nitrogens is 1. The van der Waals surface area contributed by atoms with Crippen molar-refractivity contribution in [2.45, 2.75) is 19.0 Å². The van der Waals surface area contributed by atoms with Gasteiger partial charge in [0, 0.05) is 61.2 Å². The zero-order chi connectivity index (χ0) is 25.8. The molecule has 2 aromatic heterocycles. The molecular weight excluding hydrogens is 479 g/mol. The highest BCUT2D eigenvalue weighted by molar-refractivity contribution is 5.84. The first-order valence-corrected chi connectivity index (χ1v) is 12.2. The quantitative estimate of drug-likeness (QED) is 0.334. The van der Waals surface area contributed by atoms with E-state index in [4.69, 9.17) is 10.00 Å². The Kier molecular flexibility index (Phi) is 7.01. The molecule has 0 bridgehead atoms. The number of aromatic amines is 1. The van der Waals surface area contributed by atoms with Crippen LogP contribution in [0.1, 0.15) is 23.1 Å². The summed E-state index contributed by atoms with van der Waals surface area (Å²) in [5.74, 6) is 0.350. The van der Waals surface area contributed by atoms with E-state index < -0.39 is 11.7 Å². The summed E-state index contributed by atoms with van der Waals surface area (Å²) in [4.78, 5) is 11.9. The predicted molar refractivity (Wildman–Crippen MR) is 136 cm³/mol. The number of aromatic nitrogens is 2. The summed E-state index contributed by atoms with van der Waals surface area (Å²) >= 11 is 0. The van der Waals surface area contributed by atoms with Gasteiger partial charge in [0.15, 0.2) is 0 Å². The first-order valence-electron chi connectivity index (χ1n) is 12.2. The number of pyridine rings is 1. The Morgan fingerprint density at radius 1 is 1.00 bits per heavy atom. The Hall–Kier alpha value is -4.03. The molecule has 0 unspecified atom stereocenters. The molecule has 2 aromatic carbocycles. The molecule has 0 spiro atoms. The van der Waals surface area contributed by atoms with Crippen LogP contribution in [0.3, 0.4) is 0 Å². The number of fused-ring (bicyclic) bond motifs is 1. The van der Waals surface area contributed by atoms with Gasteiger partial charge in [-0.2, -0.15) is 18.4 Å². The van der Waals surface area contributed by atoms with E-state index in [2.05, 4.69) is 25.8 Å². The number of piperazine rings is 1. The maximum absolute atomic E-state index is 12.9.